The van der Waals surface area contributed by atoms with Gasteiger partial charge in [0.2, 0.25) is 5.91 Å². The van der Waals surface area contributed by atoms with Gasteiger partial charge in [0.05, 0.1) is 6.10 Å². The van der Waals surface area contributed by atoms with Crippen LogP contribution >= 0.6 is 0 Å². The minimum absolute atomic E-state index is 0.213. The third-order valence-corrected chi connectivity index (χ3v) is 3.31. The molecule has 0 aliphatic rings. The molecule has 0 bridgehead atoms. The lowest BCUT2D eigenvalue weighted by atomic mass is 10.0. The highest BCUT2D eigenvalue weighted by molar-refractivity contribution is 5.87. The van der Waals surface area contributed by atoms with Crippen molar-refractivity contribution in [3.05, 3.63) is 35.6 Å². The molecular weight excluding hydrogens is 291 g/mol. The number of hydrogen-bond acceptors (Lipinski definition) is 4. The Morgan fingerprint density at radius 3 is 2.41 bits per heavy atom. The van der Waals surface area contributed by atoms with E-state index in [-0.39, 0.29) is 12.2 Å². The lowest BCUT2D eigenvalue weighted by Crippen LogP contribution is -2.52. The molecule has 6 nitrogen and oxygen atoms in total. The molecular formula is C15H21FN2O4. The van der Waals surface area contributed by atoms with Gasteiger partial charge < -0.3 is 21.3 Å². The Morgan fingerprint density at radius 2 is 1.91 bits per heavy atom. The number of nitrogens with two attached hydrogens (primary N) is 1. The molecule has 5 N–H and O–H groups in total. The van der Waals surface area contributed by atoms with Gasteiger partial charge in [0.1, 0.15) is 17.9 Å². The van der Waals surface area contributed by atoms with E-state index < -0.39 is 30.1 Å². The minimum atomic E-state index is -1.17. The molecule has 0 heterocycles. The highest BCUT2D eigenvalue weighted by Gasteiger charge is 2.25. The van der Waals surface area contributed by atoms with Gasteiger partial charge >= 0.3 is 5.97 Å². The fourth-order valence-electron chi connectivity index (χ4n) is 1.91. The molecule has 0 aliphatic carbocycles. The second-order valence-corrected chi connectivity index (χ2v) is 5.18. The Bertz CT molecular complexity index is 505. The van der Waals surface area contributed by atoms with Gasteiger partial charge in [0, 0.05) is 0 Å². The van der Waals surface area contributed by atoms with Crippen molar-refractivity contribution in [2.45, 2.75) is 44.4 Å². The monoisotopic (exact) mass is 312 g/mol. The van der Waals surface area contributed by atoms with Crippen LogP contribution in [0.15, 0.2) is 24.3 Å². The van der Waals surface area contributed by atoms with Gasteiger partial charge in [-0.25, -0.2) is 9.18 Å². The smallest absolute Gasteiger partial charge is 0.326 e. The molecule has 3 atom stereocenters. The molecule has 7 heteroatoms. The predicted molar refractivity (Wildman–Crippen MR) is 78.6 cm³/mol. The van der Waals surface area contributed by atoms with Crippen LogP contribution in [0.3, 0.4) is 0 Å². The van der Waals surface area contributed by atoms with E-state index >= 15 is 0 Å². The van der Waals surface area contributed by atoms with Crippen molar-refractivity contribution in [2.75, 3.05) is 0 Å². The molecule has 1 aromatic rings. The lowest BCUT2D eigenvalue weighted by Gasteiger charge is -2.19. The van der Waals surface area contributed by atoms with Crippen molar-refractivity contribution in [2.24, 2.45) is 5.73 Å². The van der Waals surface area contributed by atoms with E-state index in [0.29, 0.717) is 12.8 Å². The zero-order chi connectivity index (χ0) is 16.7. The first-order chi connectivity index (χ1) is 10.3. The minimum Gasteiger partial charge on any atom is -0.480 e. The van der Waals surface area contributed by atoms with Crippen LogP contribution in [0.2, 0.25) is 0 Å². The van der Waals surface area contributed by atoms with Gasteiger partial charge in [0.25, 0.3) is 0 Å². The van der Waals surface area contributed by atoms with Gasteiger partial charge in [0.15, 0.2) is 0 Å². The number of benzene rings is 1. The SMILES string of the molecule is C[C@@H](O)[C@H](N)C(=O)NC(CCCc1ccc(F)cc1)C(=O)O. The van der Waals surface area contributed by atoms with E-state index in [4.69, 9.17) is 10.8 Å². The number of amides is 1. The Kier molecular flexibility index (Phi) is 6.94. The third kappa shape index (κ3) is 5.79. The van der Waals surface area contributed by atoms with Crippen LogP contribution in [0, 0.1) is 5.82 Å². The fourth-order valence-corrected chi connectivity index (χ4v) is 1.91. The molecule has 0 saturated heterocycles. The normalized spacial score (nSPS) is 14.9. The maximum absolute atomic E-state index is 12.8. The molecule has 0 spiro atoms. The van der Waals surface area contributed by atoms with E-state index in [1.165, 1.54) is 19.1 Å². The van der Waals surface area contributed by atoms with Gasteiger partial charge in [-0.2, -0.15) is 0 Å². The van der Waals surface area contributed by atoms with Gasteiger partial charge in [-0.3, -0.25) is 4.79 Å². The Morgan fingerprint density at radius 1 is 1.32 bits per heavy atom. The molecule has 1 rings (SSSR count). The average Bonchev–Trinajstić information content (AvgIpc) is 2.46. The first-order valence-corrected chi connectivity index (χ1v) is 7.02. The van der Waals surface area contributed by atoms with Crippen molar-refractivity contribution < 1.29 is 24.2 Å². The number of aliphatic hydroxyl groups excluding tert-OH is 1. The van der Waals surface area contributed by atoms with Crippen LogP contribution in [0.25, 0.3) is 0 Å². The first kappa shape index (κ1) is 18.1. The molecule has 1 unspecified atom stereocenters. The van der Waals surface area contributed by atoms with E-state index in [1.807, 2.05) is 0 Å². The van der Waals surface area contributed by atoms with Crippen LogP contribution in [0.4, 0.5) is 4.39 Å². The number of rotatable bonds is 8. The second kappa shape index (κ2) is 8.45. The van der Waals surface area contributed by atoms with Gasteiger partial charge in [-0.1, -0.05) is 12.1 Å². The molecule has 122 valence electrons. The summed E-state index contributed by atoms with van der Waals surface area (Å²) in [5.41, 5.74) is 6.34. The number of carboxylic acid groups (broad SMARTS) is 1. The van der Waals surface area contributed by atoms with Crippen LogP contribution < -0.4 is 11.1 Å². The molecule has 1 aromatic carbocycles. The Hall–Kier alpha value is -1.99. The first-order valence-electron chi connectivity index (χ1n) is 7.02. The zero-order valence-electron chi connectivity index (χ0n) is 12.3. The highest BCUT2D eigenvalue weighted by Crippen LogP contribution is 2.09. The van der Waals surface area contributed by atoms with Crippen molar-refractivity contribution in [1.29, 1.82) is 0 Å². The van der Waals surface area contributed by atoms with Crippen molar-refractivity contribution in [1.82, 2.24) is 5.32 Å². The summed E-state index contributed by atoms with van der Waals surface area (Å²) in [5, 5.41) is 20.6. The lowest BCUT2D eigenvalue weighted by molar-refractivity contribution is -0.142. The summed E-state index contributed by atoms with van der Waals surface area (Å²) in [7, 11) is 0. The molecule has 0 saturated carbocycles. The molecule has 0 aromatic heterocycles. The number of aliphatic hydroxyl groups is 1. The fraction of sp³-hybridized carbons (Fsp3) is 0.467. The standard InChI is InChI=1S/C15H21FN2O4/c1-9(19)13(17)14(20)18-12(15(21)22)4-2-3-10-5-7-11(16)8-6-10/h5-9,12-13,19H,2-4,17H2,1H3,(H,18,20)(H,21,22)/t9-,12?,13+/m1/s1. The number of aliphatic carboxylic acids is 1. The number of halogens is 1. The summed E-state index contributed by atoms with van der Waals surface area (Å²) in [6.45, 7) is 1.36. The number of carboxylic acids is 1. The van der Waals surface area contributed by atoms with Crippen LogP contribution in [0.1, 0.15) is 25.3 Å². The number of hydrogen-bond donors (Lipinski definition) is 4. The maximum Gasteiger partial charge on any atom is 0.326 e. The highest BCUT2D eigenvalue weighted by atomic mass is 19.1. The molecule has 1 amide bonds. The summed E-state index contributed by atoms with van der Waals surface area (Å²) < 4.78 is 12.8. The predicted octanol–water partition coefficient (Wildman–Crippen LogP) is 0.426. The van der Waals surface area contributed by atoms with E-state index in [9.17, 15) is 19.1 Å². The largest absolute Gasteiger partial charge is 0.480 e. The summed E-state index contributed by atoms with van der Waals surface area (Å²) in [5.74, 6) is -2.19. The quantitative estimate of drug-likeness (QED) is 0.556. The summed E-state index contributed by atoms with van der Waals surface area (Å²) in [6.07, 6.45) is 0.230. The third-order valence-electron chi connectivity index (χ3n) is 3.31. The molecule has 22 heavy (non-hydrogen) atoms. The Balaban J connectivity index is 2.49. The van der Waals surface area contributed by atoms with Crippen molar-refractivity contribution in [3.63, 3.8) is 0 Å². The molecule has 0 fully saturated rings. The van der Waals surface area contributed by atoms with E-state index in [1.54, 1.807) is 12.1 Å². The molecule has 0 aliphatic heterocycles. The maximum atomic E-state index is 12.8. The topological polar surface area (TPSA) is 113 Å². The van der Waals surface area contributed by atoms with E-state index in [2.05, 4.69) is 5.32 Å². The van der Waals surface area contributed by atoms with Crippen molar-refractivity contribution in [3.8, 4) is 0 Å². The van der Waals surface area contributed by atoms with Gasteiger partial charge in [-0.05, 0) is 43.9 Å². The second-order valence-electron chi connectivity index (χ2n) is 5.18. The van der Waals surface area contributed by atoms with Crippen LogP contribution in [-0.4, -0.2) is 40.3 Å². The Labute approximate surface area is 128 Å². The zero-order valence-corrected chi connectivity index (χ0v) is 12.3. The summed E-state index contributed by atoms with van der Waals surface area (Å²) in [6, 6.07) is 3.71. The van der Waals surface area contributed by atoms with Crippen molar-refractivity contribution >= 4 is 11.9 Å². The summed E-state index contributed by atoms with van der Waals surface area (Å²) in [4.78, 5) is 22.8. The van der Waals surface area contributed by atoms with Gasteiger partial charge in [-0.15, -0.1) is 0 Å². The van der Waals surface area contributed by atoms with Crippen LogP contribution in [-0.2, 0) is 16.0 Å². The number of nitrogens with one attached hydrogen (secondary N) is 1. The van der Waals surface area contributed by atoms with Crippen LogP contribution in [0.5, 0.6) is 0 Å². The number of carbonyl (C=O) groups is 2. The summed E-state index contributed by atoms with van der Waals surface area (Å²) >= 11 is 0. The average molecular weight is 312 g/mol. The molecule has 0 radical (unpaired) electrons. The number of carbonyl (C=O) groups excluding carboxylic acids is 1. The van der Waals surface area contributed by atoms with E-state index in [0.717, 1.165) is 5.56 Å². The number of aryl methyl sites for hydroxylation is 1.